The number of nitrogens with two attached hydrogens (primary N) is 1. The molecule has 0 spiro atoms. The van der Waals surface area contributed by atoms with Crippen LogP contribution in [0.1, 0.15) is 0 Å². The van der Waals surface area contributed by atoms with E-state index >= 15 is 0 Å². The van der Waals surface area contributed by atoms with Crippen molar-refractivity contribution in [3.8, 4) is 0 Å². The Hall–Kier alpha value is 1.15. The second-order valence-corrected chi connectivity index (χ2v) is 4.64. The average Bonchev–Trinajstić information content (AvgIpc) is 1.98. The van der Waals surface area contributed by atoms with E-state index in [1.807, 2.05) is 20.1 Å². The number of ether oxygens (including phenoxy) is 1. The molecule has 69 valence electrons. The molecule has 0 aromatic heterocycles. The van der Waals surface area contributed by atoms with E-state index in [0.717, 1.165) is 0 Å². The Balaban J connectivity index is 2.62. The fourth-order valence-electron chi connectivity index (χ4n) is 0.896. The van der Waals surface area contributed by atoms with Gasteiger partial charge < -0.3 is 0 Å². The van der Waals surface area contributed by atoms with Gasteiger partial charge in [0.15, 0.2) is 0 Å². The van der Waals surface area contributed by atoms with Crippen molar-refractivity contribution in [1.82, 2.24) is 3.88 Å². The van der Waals surface area contributed by atoms with Crippen molar-refractivity contribution in [3.05, 3.63) is 0 Å². The first-order valence-corrected chi connectivity index (χ1v) is 4.99. The van der Waals surface area contributed by atoms with Gasteiger partial charge in [-0.1, -0.05) is 0 Å². The number of hydrogen-bond donors (Lipinski definition) is 2. The van der Waals surface area contributed by atoms with Gasteiger partial charge in [0.1, 0.15) is 0 Å². The Kier molecular flexibility index (Phi) is 3.24. The van der Waals surface area contributed by atoms with Crippen LogP contribution in [0.25, 0.3) is 0 Å². The van der Waals surface area contributed by atoms with Gasteiger partial charge in [0.25, 0.3) is 0 Å². The van der Waals surface area contributed by atoms with E-state index in [0.29, 0.717) is 19.7 Å². The molecule has 1 fully saturated rings. The van der Waals surface area contributed by atoms with E-state index in [-0.39, 0.29) is 5.41 Å². The SMILES string of the molecule is NCC1(C[NH][Pt])COC1(Cl)Cl. The fraction of sp³-hybridized carbons (Fsp3) is 1.00. The van der Waals surface area contributed by atoms with Gasteiger partial charge in [-0.05, 0) is 0 Å². The predicted octanol–water partition coefficient (Wildman–Crippen LogP) is 0.144. The van der Waals surface area contributed by atoms with Crippen molar-refractivity contribution in [3.63, 3.8) is 0 Å². The monoisotopic (exact) mass is 378 g/mol. The van der Waals surface area contributed by atoms with Crippen LogP contribution < -0.4 is 9.61 Å². The first-order chi connectivity index (χ1) is 5.08. The molecule has 3 N–H and O–H groups in total. The molecule has 0 aliphatic carbocycles. The molecule has 6 heteroatoms. The molecule has 1 aliphatic heterocycles. The van der Waals surface area contributed by atoms with E-state index in [2.05, 4.69) is 3.88 Å². The Morgan fingerprint density at radius 1 is 1.64 bits per heavy atom. The molecule has 1 aliphatic rings. The Bertz CT molecular complexity index is 153. The first kappa shape index (κ1) is 10.2. The van der Waals surface area contributed by atoms with Crippen LogP contribution in [0.3, 0.4) is 0 Å². The predicted molar refractivity (Wildman–Crippen MR) is 39.9 cm³/mol. The first-order valence-electron chi connectivity index (χ1n) is 3.10. The molecule has 1 atom stereocenters. The third kappa shape index (κ3) is 1.60. The van der Waals surface area contributed by atoms with Gasteiger partial charge in [0.2, 0.25) is 0 Å². The zero-order chi connectivity index (χ0) is 8.54. The summed E-state index contributed by atoms with van der Waals surface area (Å²) in [7, 11) is 0. The van der Waals surface area contributed by atoms with Crippen LogP contribution in [0.2, 0.25) is 0 Å². The fourth-order valence-corrected chi connectivity index (χ4v) is 2.17. The number of nitrogens with one attached hydrogen (secondary N) is 1. The summed E-state index contributed by atoms with van der Waals surface area (Å²) < 4.78 is 6.83. The molecule has 0 aromatic rings. The summed E-state index contributed by atoms with van der Waals surface area (Å²) in [6.45, 7) is 1.61. The van der Waals surface area contributed by atoms with Gasteiger partial charge in [-0.2, -0.15) is 0 Å². The maximum atomic E-state index is 5.83. The van der Waals surface area contributed by atoms with Crippen molar-refractivity contribution in [2.75, 3.05) is 19.7 Å². The molecular weight excluding hydrogens is 370 g/mol. The van der Waals surface area contributed by atoms with Crippen molar-refractivity contribution >= 4 is 23.2 Å². The van der Waals surface area contributed by atoms with Crippen LogP contribution >= 0.6 is 23.2 Å². The van der Waals surface area contributed by atoms with E-state index in [4.69, 9.17) is 33.7 Å². The molecule has 0 saturated carbocycles. The van der Waals surface area contributed by atoms with Gasteiger partial charge in [-0.15, -0.1) is 0 Å². The Labute approximate surface area is 87.1 Å². The summed E-state index contributed by atoms with van der Waals surface area (Å²) in [4.78, 5) is 0. The molecule has 0 bridgehead atoms. The molecule has 0 aromatic carbocycles. The second kappa shape index (κ2) is 3.49. The summed E-state index contributed by atoms with van der Waals surface area (Å²) in [5.41, 5.74) is 5.22. The summed E-state index contributed by atoms with van der Waals surface area (Å²) in [6, 6.07) is 0. The zero-order valence-corrected chi connectivity index (χ0v) is 9.46. The number of hydrogen-bond acceptors (Lipinski definition) is 3. The third-order valence-electron chi connectivity index (χ3n) is 1.93. The normalized spacial score (nSPS) is 35.0. The second-order valence-electron chi connectivity index (χ2n) is 2.58. The van der Waals surface area contributed by atoms with Crippen molar-refractivity contribution in [2.24, 2.45) is 11.1 Å². The summed E-state index contributed by atoms with van der Waals surface area (Å²) >= 11 is 13.7. The maximum absolute atomic E-state index is 5.83. The van der Waals surface area contributed by atoms with Crippen LogP contribution in [0.15, 0.2) is 0 Å². The van der Waals surface area contributed by atoms with Gasteiger partial charge in [0, 0.05) is 0 Å². The van der Waals surface area contributed by atoms with Gasteiger partial charge >= 0.3 is 87.2 Å². The number of alkyl halides is 2. The summed E-state index contributed by atoms with van der Waals surface area (Å²) in [6.07, 6.45) is 0. The standard InChI is InChI=1S/C5H9Cl2N2O.Pt/c6-5(7)4(1-8,2-9)3-10-5;/h8H,1-3,9H2;/q-1;+1. The topological polar surface area (TPSA) is 47.3 Å². The molecular formula is C5H9Cl2N2OPt. The molecule has 0 radical (unpaired) electrons. The van der Waals surface area contributed by atoms with Gasteiger partial charge in [0.05, 0.1) is 0 Å². The quantitative estimate of drug-likeness (QED) is 0.687. The van der Waals surface area contributed by atoms with E-state index in [1.54, 1.807) is 0 Å². The molecule has 1 unspecified atom stereocenters. The van der Waals surface area contributed by atoms with Crippen LogP contribution in [0.4, 0.5) is 0 Å². The number of rotatable bonds is 3. The third-order valence-corrected chi connectivity index (χ3v) is 3.35. The van der Waals surface area contributed by atoms with Crippen LogP contribution in [0.5, 0.6) is 0 Å². The van der Waals surface area contributed by atoms with Crippen molar-refractivity contribution < 1.29 is 24.8 Å². The molecule has 3 nitrogen and oxygen atoms in total. The molecule has 1 rings (SSSR count). The Morgan fingerprint density at radius 2 is 2.27 bits per heavy atom. The molecule has 0 amide bonds. The van der Waals surface area contributed by atoms with Crippen LogP contribution in [-0.4, -0.2) is 24.2 Å². The molecule has 11 heavy (non-hydrogen) atoms. The van der Waals surface area contributed by atoms with E-state index in [9.17, 15) is 0 Å². The van der Waals surface area contributed by atoms with Crippen molar-refractivity contribution in [1.29, 1.82) is 0 Å². The molecule has 1 heterocycles. The summed E-state index contributed by atoms with van der Waals surface area (Å²) in [5, 5.41) is 0. The Morgan fingerprint density at radius 3 is 2.36 bits per heavy atom. The van der Waals surface area contributed by atoms with Gasteiger partial charge in [-0.25, -0.2) is 0 Å². The minimum atomic E-state index is -1.11. The van der Waals surface area contributed by atoms with E-state index < -0.39 is 4.52 Å². The van der Waals surface area contributed by atoms with Gasteiger partial charge in [-0.3, -0.25) is 0 Å². The average molecular weight is 379 g/mol. The molecule has 1 saturated heterocycles. The van der Waals surface area contributed by atoms with Crippen LogP contribution in [-0.2, 0) is 24.8 Å². The minimum absolute atomic E-state index is 0.322. The number of halogens is 2. The van der Waals surface area contributed by atoms with Crippen molar-refractivity contribution in [2.45, 2.75) is 4.52 Å². The summed E-state index contributed by atoms with van der Waals surface area (Å²) in [5.74, 6) is 0. The zero-order valence-electron chi connectivity index (χ0n) is 5.68. The van der Waals surface area contributed by atoms with Crippen LogP contribution in [0, 0.1) is 5.41 Å². The van der Waals surface area contributed by atoms with E-state index in [1.165, 1.54) is 0 Å².